The van der Waals surface area contributed by atoms with Crippen LogP contribution in [-0.2, 0) is 9.59 Å². The van der Waals surface area contributed by atoms with E-state index in [0.717, 1.165) is 17.3 Å². The quantitative estimate of drug-likeness (QED) is 0.344. The van der Waals surface area contributed by atoms with Crippen molar-refractivity contribution < 1.29 is 14.0 Å². The monoisotopic (exact) mass is 500 g/mol. The van der Waals surface area contributed by atoms with E-state index >= 15 is 0 Å². The molecule has 10 heteroatoms. The molecule has 1 atom stereocenters. The predicted octanol–water partition coefficient (Wildman–Crippen LogP) is 5.51. The van der Waals surface area contributed by atoms with E-state index in [9.17, 15) is 9.59 Å². The second-order valence-electron chi connectivity index (χ2n) is 7.17. The highest BCUT2D eigenvalue weighted by Crippen LogP contribution is 2.34. The lowest BCUT2D eigenvalue weighted by Gasteiger charge is -2.07. The summed E-state index contributed by atoms with van der Waals surface area (Å²) in [6.45, 7) is 1.97. The van der Waals surface area contributed by atoms with E-state index in [1.54, 1.807) is 30.3 Å². The van der Waals surface area contributed by atoms with Crippen LogP contribution in [0.2, 0.25) is 10.0 Å². The van der Waals surface area contributed by atoms with Gasteiger partial charge in [0.1, 0.15) is 16.8 Å². The molecular weight excluding hydrogens is 483 g/mol. The van der Waals surface area contributed by atoms with Crippen LogP contribution < -0.4 is 10.6 Å². The Morgan fingerprint density at radius 1 is 1.18 bits per heavy atom. The second-order valence-corrected chi connectivity index (χ2v) is 9.14. The SMILES string of the molecule is Cc1ccc(NC(=O)CC2S/C(=N/N=C/c3ccc(-c4cccc(Cl)c4Cl)o3)NC2=O)cc1. The number of aryl methyl sites for hydroxylation is 1. The van der Waals surface area contributed by atoms with Gasteiger partial charge in [-0.25, -0.2) is 0 Å². The summed E-state index contributed by atoms with van der Waals surface area (Å²) in [5.74, 6) is 0.455. The number of hydrogen-bond donors (Lipinski definition) is 2. The van der Waals surface area contributed by atoms with Crippen LogP contribution in [0.5, 0.6) is 0 Å². The molecule has 33 heavy (non-hydrogen) atoms. The molecule has 1 saturated heterocycles. The minimum absolute atomic E-state index is 0.0229. The Kier molecular flexibility index (Phi) is 7.17. The first-order valence-corrected chi connectivity index (χ1v) is 11.5. The van der Waals surface area contributed by atoms with E-state index in [-0.39, 0.29) is 18.2 Å². The van der Waals surface area contributed by atoms with Crippen molar-refractivity contribution in [2.75, 3.05) is 5.32 Å². The molecule has 1 aromatic heterocycles. The molecule has 0 aliphatic carbocycles. The van der Waals surface area contributed by atoms with Gasteiger partial charge in [-0.1, -0.05) is 58.7 Å². The fourth-order valence-corrected chi connectivity index (χ4v) is 4.32. The molecule has 0 spiro atoms. The number of amides is 2. The Labute approximate surface area is 204 Å². The lowest BCUT2D eigenvalue weighted by Crippen LogP contribution is -2.28. The van der Waals surface area contributed by atoms with Crippen molar-refractivity contribution in [2.24, 2.45) is 10.2 Å². The van der Waals surface area contributed by atoms with Crippen molar-refractivity contribution in [3.63, 3.8) is 0 Å². The smallest absolute Gasteiger partial charge is 0.240 e. The third kappa shape index (κ3) is 5.84. The minimum atomic E-state index is -0.579. The van der Waals surface area contributed by atoms with Crippen LogP contribution in [0.4, 0.5) is 5.69 Å². The highest BCUT2D eigenvalue weighted by atomic mass is 35.5. The molecule has 0 radical (unpaired) electrons. The standard InChI is InChI=1S/C23H18Cl2N4O3S/c1-13-5-7-14(8-6-13)27-20(30)11-19-22(31)28-23(33-19)29-26-12-15-9-10-18(32-15)16-3-2-4-17(24)21(16)25/h2-10,12,19H,11H2,1H3,(H,27,30)(H,28,29,31)/b26-12+. The van der Waals surface area contributed by atoms with Gasteiger partial charge in [0, 0.05) is 17.7 Å². The molecule has 4 rings (SSSR count). The van der Waals surface area contributed by atoms with Crippen LogP contribution in [0.1, 0.15) is 17.7 Å². The highest BCUT2D eigenvalue weighted by molar-refractivity contribution is 8.15. The average molecular weight is 501 g/mol. The first-order chi connectivity index (χ1) is 15.9. The Morgan fingerprint density at radius 2 is 1.97 bits per heavy atom. The molecule has 7 nitrogen and oxygen atoms in total. The van der Waals surface area contributed by atoms with Gasteiger partial charge in [0.2, 0.25) is 11.8 Å². The fourth-order valence-electron chi connectivity index (χ4n) is 3.00. The van der Waals surface area contributed by atoms with Crippen LogP contribution >= 0.6 is 35.0 Å². The topological polar surface area (TPSA) is 96.1 Å². The number of halogens is 2. The van der Waals surface area contributed by atoms with Gasteiger partial charge in [0.25, 0.3) is 0 Å². The lowest BCUT2D eigenvalue weighted by atomic mass is 10.2. The summed E-state index contributed by atoms with van der Waals surface area (Å²) in [5.41, 5.74) is 2.45. The van der Waals surface area contributed by atoms with Crippen LogP contribution in [0.15, 0.2) is 69.2 Å². The Hall–Kier alpha value is -3.07. The van der Waals surface area contributed by atoms with E-state index in [1.807, 2.05) is 31.2 Å². The molecule has 168 valence electrons. The van der Waals surface area contributed by atoms with Gasteiger partial charge in [-0.2, -0.15) is 5.10 Å². The fraction of sp³-hybridized carbons (Fsp3) is 0.130. The van der Waals surface area contributed by atoms with Crippen LogP contribution in [0, 0.1) is 6.92 Å². The molecule has 1 unspecified atom stereocenters. The summed E-state index contributed by atoms with van der Waals surface area (Å²) in [6, 6.07) is 16.2. The summed E-state index contributed by atoms with van der Waals surface area (Å²) >= 11 is 13.4. The first-order valence-electron chi connectivity index (χ1n) is 9.88. The summed E-state index contributed by atoms with van der Waals surface area (Å²) in [6.07, 6.45) is 1.44. The van der Waals surface area contributed by atoms with Crippen molar-refractivity contribution in [1.29, 1.82) is 0 Å². The van der Waals surface area contributed by atoms with E-state index in [2.05, 4.69) is 20.8 Å². The zero-order chi connectivity index (χ0) is 23.4. The molecule has 1 aliphatic heterocycles. The van der Waals surface area contributed by atoms with E-state index in [1.165, 1.54) is 6.21 Å². The largest absolute Gasteiger partial charge is 0.455 e. The number of nitrogens with zero attached hydrogens (tertiary/aromatic N) is 2. The normalized spacial score (nSPS) is 17.0. The number of hydrogen-bond acceptors (Lipinski definition) is 6. The van der Waals surface area contributed by atoms with Gasteiger partial charge in [0.05, 0.1) is 16.3 Å². The highest BCUT2D eigenvalue weighted by Gasteiger charge is 2.32. The van der Waals surface area contributed by atoms with Crippen LogP contribution in [0.25, 0.3) is 11.3 Å². The predicted molar refractivity (Wildman–Crippen MR) is 133 cm³/mol. The Morgan fingerprint density at radius 3 is 2.76 bits per heavy atom. The van der Waals surface area contributed by atoms with Gasteiger partial charge in [-0.05, 0) is 43.3 Å². The average Bonchev–Trinajstić information content (AvgIpc) is 3.38. The summed E-state index contributed by atoms with van der Waals surface area (Å²) in [5, 5.41) is 14.0. The van der Waals surface area contributed by atoms with Crippen molar-refractivity contribution in [3.05, 3.63) is 76.0 Å². The molecule has 2 N–H and O–H groups in total. The molecule has 2 heterocycles. The molecule has 1 fully saturated rings. The summed E-state index contributed by atoms with van der Waals surface area (Å²) in [4.78, 5) is 24.4. The molecule has 2 aromatic carbocycles. The third-order valence-electron chi connectivity index (χ3n) is 4.66. The van der Waals surface area contributed by atoms with Gasteiger partial charge < -0.3 is 15.1 Å². The number of furan rings is 1. The van der Waals surface area contributed by atoms with Crippen LogP contribution in [-0.4, -0.2) is 28.4 Å². The van der Waals surface area contributed by atoms with Crippen molar-refractivity contribution >= 4 is 63.8 Å². The van der Waals surface area contributed by atoms with E-state index in [4.69, 9.17) is 27.6 Å². The minimum Gasteiger partial charge on any atom is -0.455 e. The van der Waals surface area contributed by atoms with Crippen molar-refractivity contribution in [3.8, 4) is 11.3 Å². The molecular formula is C23H18Cl2N4O3S. The number of nitrogens with one attached hydrogen (secondary N) is 2. The number of benzene rings is 2. The second kappa shape index (κ2) is 10.2. The lowest BCUT2D eigenvalue weighted by molar-refractivity contribution is -0.122. The van der Waals surface area contributed by atoms with Crippen molar-refractivity contribution in [2.45, 2.75) is 18.6 Å². The van der Waals surface area contributed by atoms with Gasteiger partial charge >= 0.3 is 0 Å². The van der Waals surface area contributed by atoms with Gasteiger partial charge in [0.15, 0.2) is 5.17 Å². The Bertz CT molecular complexity index is 1250. The van der Waals surface area contributed by atoms with Crippen molar-refractivity contribution in [1.82, 2.24) is 5.32 Å². The molecule has 1 aliphatic rings. The van der Waals surface area contributed by atoms with Gasteiger partial charge in [-0.3, -0.25) is 9.59 Å². The molecule has 0 saturated carbocycles. The number of carbonyl (C=O) groups excluding carboxylic acids is 2. The zero-order valence-corrected chi connectivity index (χ0v) is 19.7. The van der Waals surface area contributed by atoms with E-state index in [0.29, 0.717) is 38.0 Å². The number of anilines is 1. The van der Waals surface area contributed by atoms with Gasteiger partial charge in [-0.15, -0.1) is 5.10 Å². The number of thioether (sulfide) groups is 1. The Balaban J connectivity index is 1.34. The number of rotatable bonds is 6. The zero-order valence-electron chi connectivity index (χ0n) is 17.3. The number of carbonyl (C=O) groups is 2. The number of amidine groups is 1. The molecule has 2 amide bonds. The summed E-state index contributed by atoms with van der Waals surface area (Å²) in [7, 11) is 0. The molecule has 3 aromatic rings. The first kappa shape index (κ1) is 23.1. The maximum atomic E-state index is 12.3. The maximum absolute atomic E-state index is 12.3. The summed E-state index contributed by atoms with van der Waals surface area (Å²) < 4.78 is 5.72. The van der Waals surface area contributed by atoms with Crippen LogP contribution in [0.3, 0.4) is 0 Å². The maximum Gasteiger partial charge on any atom is 0.240 e. The van der Waals surface area contributed by atoms with E-state index < -0.39 is 5.25 Å². The molecule has 0 bridgehead atoms. The third-order valence-corrected chi connectivity index (χ3v) is 6.55.